The summed E-state index contributed by atoms with van der Waals surface area (Å²) in [5.41, 5.74) is -0.381. The molecule has 26 heteroatoms. The maximum Gasteiger partial charge on any atom is 0.281 e. The normalized spacial score (nSPS) is 18.7. The van der Waals surface area contributed by atoms with Crippen LogP contribution in [-0.2, 0) is 20.0 Å². The van der Waals surface area contributed by atoms with Crippen LogP contribution < -0.4 is 35.9 Å². The van der Waals surface area contributed by atoms with Gasteiger partial charge in [0.15, 0.2) is 15.9 Å². The first-order valence-corrected chi connectivity index (χ1v) is 26.1. The molecule has 9 rings (SSSR count). The number of pyridine rings is 4. The number of halogens is 2. The second kappa shape index (κ2) is 23.4. The van der Waals surface area contributed by atoms with Gasteiger partial charge >= 0.3 is 0 Å². The number of nitrogens with zero attached hydrogens (tertiary/aromatic N) is 8. The maximum absolute atomic E-state index is 13.3. The van der Waals surface area contributed by atoms with E-state index in [1.165, 1.54) is 41.2 Å². The molecule has 0 aliphatic carbocycles. The molecule has 3 aliphatic rings. The molecule has 6 aromatic heterocycles. The molecule has 3 aliphatic heterocycles. The molecule has 9 heterocycles. The topological polar surface area (TPSA) is 273 Å². The van der Waals surface area contributed by atoms with E-state index < -0.39 is 31.9 Å². The Kier molecular flexibility index (Phi) is 18.2. The van der Waals surface area contributed by atoms with Crippen molar-refractivity contribution >= 4 is 73.3 Å². The van der Waals surface area contributed by atoms with Crippen LogP contribution in [0.1, 0.15) is 86.9 Å². The molecule has 2 amide bonds. The molecule has 2 fully saturated rings. The number of aromatic amines is 1. The third-order valence-corrected chi connectivity index (χ3v) is 15.0. The van der Waals surface area contributed by atoms with Crippen LogP contribution in [0.2, 0.25) is 5.15 Å². The summed E-state index contributed by atoms with van der Waals surface area (Å²) < 4.78 is 58.6. The van der Waals surface area contributed by atoms with Crippen molar-refractivity contribution in [2.45, 2.75) is 87.3 Å². The second-order valence-corrected chi connectivity index (χ2v) is 22.3. The van der Waals surface area contributed by atoms with Crippen LogP contribution in [0.5, 0.6) is 0 Å². The summed E-state index contributed by atoms with van der Waals surface area (Å²) in [6, 6.07) is 18.2. The van der Waals surface area contributed by atoms with Crippen molar-refractivity contribution in [2.75, 3.05) is 41.7 Å². The van der Waals surface area contributed by atoms with Gasteiger partial charge < -0.3 is 30.6 Å². The van der Waals surface area contributed by atoms with Crippen LogP contribution in [0.15, 0.2) is 100 Å². The first kappa shape index (κ1) is 56.2. The smallest absolute Gasteiger partial charge is 0.281 e. The van der Waals surface area contributed by atoms with Gasteiger partial charge in [-0.1, -0.05) is 23.7 Å². The van der Waals surface area contributed by atoms with Gasteiger partial charge in [0.05, 0.1) is 11.1 Å². The molecular formula is C46H55Cl2HoN14O7S2-. The number of amides is 2. The first-order chi connectivity index (χ1) is 33.2. The molecule has 2 unspecified atom stereocenters. The number of hydrogen-bond donors (Lipinski definition) is 6. The van der Waals surface area contributed by atoms with Gasteiger partial charge in [0.1, 0.15) is 28.4 Å². The zero-order valence-electron chi connectivity index (χ0n) is 39.6. The molecule has 21 nitrogen and oxygen atoms in total. The zero-order chi connectivity index (χ0) is 49.8. The van der Waals surface area contributed by atoms with Crippen LogP contribution in [-0.4, -0.2) is 105 Å². The number of aromatic nitrogens is 8. The van der Waals surface area contributed by atoms with E-state index in [2.05, 4.69) is 84.6 Å². The summed E-state index contributed by atoms with van der Waals surface area (Å²) in [4.78, 5) is 56.5. The quantitative estimate of drug-likeness (QED) is 0.0450. The first-order valence-electron chi connectivity index (χ1n) is 22.7. The largest absolute Gasteiger partial charge is 0.370 e. The average Bonchev–Trinajstić information content (AvgIpc) is 4.14. The number of nitrogens with one attached hydrogen (secondary N) is 6. The SMILES string of the molecule is CC1(C)CC(CCCNc2cccc(S(=O)(=O)NC(=O)c3ccc(-n4ccc(=O)[nH]4)nc3Cl)n2)CN1.CC1(C)CC2CCCNc3cccc(n3)S(=O)(=O)NC(=O)c3ccc(-n4cc[c-]n4)nc3N1C2.Cl.[Ho]. The van der Waals surface area contributed by atoms with Gasteiger partial charge in [-0.25, -0.2) is 34.1 Å². The van der Waals surface area contributed by atoms with Crippen molar-refractivity contribution in [3.63, 3.8) is 0 Å². The molecule has 0 spiro atoms. The summed E-state index contributed by atoms with van der Waals surface area (Å²) in [6.07, 6.45) is 11.9. The Morgan fingerprint density at radius 3 is 2.43 bits per heavy atom. The van der Waals surface area contributed by atoms with E-state index in [0.29, 0.717) is 54.7 Å². The number of rotatable bonds is 10. The van der Waals surface area contributed by atoms with Gasteiger partial charge in [-0.3, -0.25) is 19.5 Å². The molecule has 2 saturated heterocycles. The number of carbonyl (C=O) groups excluding carboxylic acids is 2. The number of fused-ring (bicyclic) bond motifs is 6. The van der Waals surface area contributed by atoms with E-state index >= 15 is 0 Å². The molecule has 6 N–H and O–H groups in total. The van der Waals surface area contributed by atoms with Crippen molar-refractivity contribution in [2.24, 2.45) is 11.8 Å². The Morgan fingerprint density at radius 2 is 1.72 bits per heavy atom. The average molecular weight is 1220 g/mol. The summed E-state index contributed by atoms with van der Waals surface area (Å²) >= 11 is 6.11. The van der Waals surface area contributed by atoms with E-state index in [1.807, 2.05) is 4.72 Å². The molecule has 1 radical (unpaired) electrons. The number of carbonyl (C=O) groups is 2. The minimum absolute atomic E-state index is 0. The van der Waals surface area contributed by atoms with E-state index in [4.69, 9.17) is 16.6 Å². The Bertz CT molecular complexity index is 3170. The van der Waals surface area contributed by atoms with Crippen molar-refractivity contribution in [1.82, 2.24) is 54.3 Å². The Labute approximate surface area is 458 Å². The number of anilines is 3. The van der Waals surface area contributed by atoms with Crippen molar-refractivity contribution in [3.05, 3.63) is 118 Å². The van der Waals surface area contributed by atoms with Gasteiger partial charge in [-0.15, -0.1) is 24.8 Å². The van der Waals surface area contributed by atoms with Gasteiger partial charge in [0.25, 0.3) is 37.4 Å². The summed E-state index contributed by atoms with van der Waals surface area (Å²) in [5.74, 6) is 1.40. The van der Waals surface area contributed by atoms with Crippen molar-refractivity contribution < 1.29 is 64.2 Å². The second-order valence-electron chi connectivity index (χ2n) is 18.7. The Morgan fingerprint density at radius 1 is 0.944 bits per heavy atom. The van der Waals surface area contributed by atoms with Gasteiger partial charge in [-0.05, 0) is 133 Å². The maximum atomic E-state index is 13.3. The van der Waals surface area contributed by atoms with E-state index in [1.54, 1.807) is 53.3 Å². The number of H-pyrrole nitrogens is 1. The Hall–Kier alpha value is -5.14. The molecule has 4 bridgehead atoms. The molecule has 389 valence electrons. The predicted octanol–water partition coefficient (Wildman–Crippen LogP) is 5.12. The number of hydrogen-bond acceptors (Lipinski definition) is 16. The Balaban J connectivity index is 0.000000229. The van der Waals surface area contributed by atoms with E-state index in [0.717, 1.165) is 45.1 Å². The summed E-state index contributed by atoms with van der Waals surface area (Å²) in [5, 5.41) is 15.7. The molecule has 2 atom stereocenters. The van der Waals surface area contributed by atoms with E-state index in [9.17, 15) is 31.2 Å². The van der Waals surface area contributed by atoms with E-state index in [-0.39, 0.29) is 98.9 Å². The molecule has 72 heavy (non-hydrogen) atoms. The summed E-state index contributed by atoms with van der Waals surface area (Å²) in [7, 11) is -8.45. The molecular weight excluding hydrogens is 1160 g/mol. The fourth-order valence-corrected chi connectivity index (χ4v) is 11.1. The third kappa shape index (κ3) is 13.7. The van der Waals surface area contributed by atoms with Gasteiger partial charge in [0.2, 0.25) is 0 Å². The standard InChI is InChI=1S/C23H28ClN7O4S.C23H26N7O3S.ClH.Ho/c1-23(2)13-15(14-26-23)5-4-11-25-17-6-3-7-20(27-17)36(34,35)30-22(33)16-8-9-18(28-21(16)24)31-12-10-19(32)29-31;1-23(2)14-16-6-4-11-24-18-7-3-8-20(26-18)34(32,33)28-22(31)17-9-10-19(30-13-5-12-25-30)27-21(17)29(23)15-16;;/h3,6-10,12,15,26H,4-5,11,13-14H2,1-2H3,(H,25,27)(H,29,32)(H,30,33);3,5,7-10,13,16H,4,6,11,14-15H2,1-2H3,(H,24,26)(H,28,31);1H;/q;-1;;. The van der Waals surface area contributed by atoms with Crippen LogP contribution in [0.25, 0.3) is 11.6 Å². The fourth-order valence-electron chi connectivity index (χ4n) is 8.95. The zero-order valence-corrected chi connectivity index (χ0v) is 44.8. The predicted molar refractivity (Wildman–Crippen MR) is 270 cm³/mol. The van der Waals surface area contributed by atoms with Crippen molar-refractivity contribution in [1.29, 1.82) is 0 Å². The van der Waals surface area contributed by atoms with Crippen molar-refractivity contribution in [3.8, 4) is 11.6 Å². The molecule has 0 saturated carbocycles. The van der Waals surface area contributed by atoms with Gasteiger partial charge in [-0.2, -0.15) is 22.9 Å². The van der Waals surface area contributed by atoms with Crippen LogP contribution in [0.4, 0.5) is 17.5 Å². The van der Waals surface area contributed by atoms with Crippen LogP contribution in [0, 0.1) is 55.8 Å². The summed E-state index contributed by atoms with van der Waals surface area (Å²) in [6.45, 7) is 11.7. The molecule has 0 aromatic carbocycles. The van der Waals surface area contributed by atoms with Crippen LogP contribution in [0.3, 0.4) is 0 Å². The fraction of sp³-hybridized carbons (Fsp3) is 0.391. The number of sulfonamides is 2. The van der Waals surface area contributed by atoms with Crippen LogP contribution >= 0.6 is 24.0 Å². The van der Waals surface area contributed by atoms with Gasteiger partial charge in [0, 0.05) is 80.7 Å². The minimum Gasteiger partial charge on any atom is -0.370 e. The third-order valence-electron chi connectivity index (χ3n) is 12.3. The monoisotopic (exact) mass is 1210 g/mol. The molecule has 6 aromatic rings. The minimum atomic E-state index is -4.26.